The molecule has 0 bridgehead atoms. The predicted octanol–water partition coefficient (Wildman–Crippen LogP) is 2.80. The molecule has 0 aliphatic heterocycles. The molecule has 2 heterocycles. The number of hydrogen-bond donors (Lipinski definition) is 1. The molecule has 6 nitrogen and oxygen atoms in total. The molecule has 1 aliphatic carbocycles. The largest absolute Gasteiger partial charge is 0.351 e. The highest BCUT2D eigenvalue weighted by atomic mass is 32.1. The summed E-state index contributed by atoms with van der Waals surface area (Å²) in [6.07, 6.45) is 5.41. The van der Waals surface area contributed by atoms with Gasteiger partial charge in [0.2, 0.25) is 5.91 Å². The lowest BCUT2D eigenvalue weighted by molar-refractivity contribution is -0.116. The minimum Gasteiger partial charge on any atom is -0.351 e. The summed E-state index contributed by atoms with van der Waals surface area (Å²) in [5, 5.41) is 9.30. The number of carbonyl (C=O) groups excluding carboxylic acids is 1. The van der Waals surface area contributed by atoms with E-state index < -0.39 is 0 Å². The van der Waals surface area contributed by atoms with Crippen LogP contribution in [0, 0.1) is 0 Å². The number of nitrogens with one attached hydrogen (secondary N) is 1. The number of hydrogen-bond acceptors (Lipinski definition) is 4. The number of rotatable bonds is 7. The van der Waals surface area contributed by atoms with Gasteiger partial charge in [-0.2, -0.15) is 5.10 Å². The number of thiophene rings is 1. The molecule has 2 aromatic heterocycles. The average molecular weight is 380 g/mol. The number of amides is 1. The predicted molar refractivity (Wildman–Crippen MR) is 106 cm³/mol. The third-order valence-corrected chi connectivity index (χ3v) is 5.22. The van der Waals surface area contributed by atoms with Gasteiger partial charge < -0.3 is 5.32 Å². The topological polar surface area (TPSA) is 68.9 Å². The Morgan fingerprint density at radius 2 is 2.04 bits per heavy atom. The van der Waals surface area contributed by atoms with Gasteiger partial charge in [0, 0.05) is 23.4 Å². The second-order valence-electron chi connectivity index (χ2n) is 6.45. The molecule has 1 fully saturated rings. The van der Waals surface area contributed by atoms with Gasteiger partial charge in [-0.15, -0.1) is 11.3 Å². The number of carbonyl (C=O) groups is 1. The van der Waals surface area contributed by atoms with Gasteiger partial charge in [-0.05, 0) is 42.5 Å². The summed E-state index contributed by atoms with van der Waals surface area (Å²) < 4.78 is 3.14. The number of benzene rings is 1. The molecular formula is C20H20N4O2S. The molecule has 1 aliphatic rings. The molecule has 1 aromatic carbocycles. The van der Waals surface area contributed by atoms with E-state index in [0.29, 0.717) is 19.0 Å². The van der Waals surface area contributed by atoms with Crippen LogP contribution in [0.15, 0.2) is 58.7 Å². The molecule has 7 heteroatoms. The normalized spacial score (nSPS) is 13.9. The van der Waals surface area contributed by atoms with Crippen molar-refractivity contribution in [1.29, 1.82) is 0 Å². The number of para-hydroxylation sites is 1. The molecule has 0 radical (unpaired) electrons. The minimum atomic E-state index is -0.179. The van der Waals surface area contributed by atoms with Gasteiger partial charge in [0.15, 0.2) is 0 Å². The van der Waals surface area contributed by atoms with E-state index in [1.54, 1.807) is 22.0 Å². The van der Waals surface area contributed by atoms with Crippen molar-refractivity contribution < 1.29 is 4.79 Å². The first-order valence-electron chi connectivity index (χ1n) is 8.97. The van der Waals surface area contributed by atoms with Crippen LogP contribution >= 0.6 is 11.3 Å². The highest BCUT2D eigenvalue weighted by molar-refractivity contribution is 7.10. The lowest BCUT2D eigenvalue weighted by atomic mass is 10.3. The zero-order chi connectivity index (χ0) is 18.6. The molecule has 3 aromatic rings. The van der Waals surface area contributed by atoms with Crippen molar-refractivity contribution in [3.8, 4) is 5.69 Å². The number of aromatic nitrogens is 3. The van der Waals surface area contributed by atoms with E-state index in [0.717, 1.165) is 29.2 Å². The second kappa shape index (κ2) is 7.75. The van der Waals surface area contributed by atoms with E-state index in [2.05, 4.69) is 10.4 Å². The fourth-order valence-corrected chi connectivity index (χ4v) is 3.50. The molecular weight excluding hydrogens is 360 g/mol. The molecule has 0 spiro atoms. The quantitative estimate of drug-likeness (QED) is 0.641. The van der Waals surface area contributed by atoms with Crippen LogP contribution in [0.4, 0.5) is 0 Å². The highest BCUT2D eigenvalue weighted by Gasteiger charge is 2.31. The van der Waals surface area contributed by atoms with Gasteiger partial charge >= 0.3 is 5.69 Å². The third-order valence-electron chi connectivity index (χ3n) is 4.39. The molecule has 27 heavy (non-hydrogen) atoms. The molecule has 1 N–H and O–H groups in total. The Morgan fingerprint density at radius 1 is 1.22 bits per heavy atom. The van der Waals surface area contributed by atoms with Gasteiger partial charge in [0.1, 0.15) is 5.82 Å². The third kappa shape index (κ3) is 4.09. The zero-order valence-electron chi connectivity index (χ0n) is 14.7. The van der Waals surface area contributed by atoms with Crippen molar-refractivity contribution in [2.24, 2.45) is 0 Å². The van der Waals surface area contributed by atoms with Crippen molar-refractivity contribution in [2.75, 3.05) is 6.54 Å². The van der Waals surface area contributed by atoms with Crippen molar-refractivity contribution in [3.05, 3.63) is 75.1 Å². The smallest absolute Gasteiger partial charge is 0.350 e. The molecule has 138 valence electrons. The maximum absolute atomic E-state index is 12.8. The molecule has 4 rings (SSSR count). The molecule has 0 saturated heterocycles. The van der Waals surface area contributed by atoms with E-state index in [-0.39, 0.29) is 11.6 Å². The first kappa shape index (κ1) is 17.5. The Labute approximate surface area is 160 Å². The van der Waals surface area contributed by atoms with Crippen LogP contribution in [0.25, 0.3) is 11.8 Å². The summed E-state index contributed by atoms with van der Waals surface area (Å²) >= 11 is 1.57. The summed E-state index contributed by atoms with van der Waals surface area (Å²) in [7, 11) is 0. The fourth-order valence-electron chi connectivity index (χ4n) is 2.88. The van der Waals surface area contributed by atoms with Gasteiger partial charge in [-0.3, -0.25) is 4.79 Å². The van der Waals surface area contributed by atoms with E-state index in [9.17, 15) is 9.59 Å². The van der Waals surface area contributed by atoms with Crippen molar-refractivity contribution in [3.63, 3.8) is 0 Å². The monoisotopic (exact) mass is 380 g/mol. The van der Waals surface area contributed by atoms with Gasteiger partial charge in [0.25, 0.3) is 0 Å². The lowest BCUT2D eigenvalue weighted by Crippen LogP contribution is -2.31. The lowest BCUT2D eigenvalue weighted by Gasteiger charge is -2.03. The first-order valence-corrected chi connectivity index (χ1v) is 9.85. The maximum atomic E-state index is 12.8. The Morgan fingerprint density at radius 3 is 2.74 bits per heavy atom. The van der Waals surface area contributed by atoms with Crippen molar-refractivity contribution >= 4 is 23.3 Å². The van der Waals surface area contributed by atoms with Crippen molar-refractivity contribution in [2.45, 2.75) is 25.3 Å². The Bertz CT molecular complexity index is 999. The van der Waals surface area contributed by atoms with Gasteiger partial charge in [-0.1, -0.05) is 24.3 Å². The standard InChI is InChI=1S/C20H20N4O2S/c25-18(11-10-17-7-4-14-27-17)21-12-13-23-20(26)24(16-5-2-1-3-6-16)19(22-23)15-8-9-15/h1-7,10-11,14-15H,8-9,12-13H2,(H,21,25). The summed E-state index contributed by atoms with van der Waals surface area (Å²) in [4.78, 5) is 25.8. The van der Waals surface area contributed by atoms with Gasteiger partial charge in [0.05, 0.1) is 12.2 Å². The minimum absolute atomic E-state index is 0.161. The zero-order valence-corrected chi connectivity index (χ0v) is 15.6. The van der Waals surface area contributed by atoms with Crippen LogP contribution in [-0.2, 0) is 11.3 Å². The number of nitrogens with zero attached hydrogens (tertiary/aromatic N) is 3. The van der Waals surface area contributed by atoms with E-state index in [1.807, 2.05) is 47.8 Å². The Kier molecular flexibility index (Phi) is 5.02. The maximum Gasteiger partial charge on any atom is 0.350 e. The highest BCUT2D eigenvalue weighted by Crippen LogP contribution is 2.39. The van der Waals surface area contributed by atoms with Gasteiger partial charge in [-0.25, -0.2) is 14.0 Å². The second-order valence-corrected chi connectivity index (χ2v) is 7.43. The van der Waals surface area contributed by atoms with E-state index in [1.165, 1.54) is 10.8 Å². The summed E-state index contributed by atoms with van der Waals surface area (Å²) in [6, 6.07) is 13.5. The Hall–Kier alpha value is -2.93. The fraction of sp³-hybridized carbons (Fsp3) is 0.250. The summed E-state index contributed by atoms with van der Waals surface area (Å²) in [6.45, 7) is 0.695. The van der Waals surface area contributed by atoms with Crippen LogP contribution in [0.3, 0.4) is 0 Å². The molecule has 0 unspecified atom stereocenters. The van der Waals surface area contributed by atoms with E-state index in [4.69, 9.17) is 0 Å². The van der Waals surface area contributed by atoms with Crippen molar-refractivity contribution in [1.82, 2.24) is 19.7 Å². The Balaban J connectivity index is 1.44. The van der Waals surface area contributed by atoms with E-state index >= 15 is 0 Å². The molecule has 1 saturated carbocycles. The first-order chi connectivity index (χ1) is 13.2. The average Bonchev–Trinajstić information content (AvgIpc) is 3.29. The summed E-state index contributed by atoms with van der Waals surface area (Å²) in [5.41, 5.74) is 0.671. The molecule has 1 amide bonds. The van der Waals surface area contributed by atoms with Crippen LogP contribution in [-0.4, -0.2) is 26.8 Å². The van der Waals surface area contributed by atoms with Crippen LogP contribution in [0.1, 0.15) is 29.5 Å². The molecule has 0 atom stereocenters. The van der Waals surface area contributed by atoms with Crippen LogP contribution in [0.2, 0.25) is 0 Å². The van der Waals surface area contributed by atoms with Crippen LogP contribution < -0.4 is 11.0 Å². The summed E-state index contributed by atoms with van der Waals surface area (Å²) in [5.74, 6) is 0.985. The van der Waals surface area contributed by atoms with Crippen LogP contribution in [0.5, 0.6) is 0 Å². The SMILES string of the molecule is O=C(C=Cc1cccs1)NCCn1nc(C2CC2)n(-c2ccccc2)c1=O.